The predicted molar refractivity (Wildman–Crippen MR) is 154 cm³/mol. The number of aliphatic hydroxyl groups is 1. The van der Waals surface area contributed by atoms with Crippen LogP contribution in [0.5, 0.6) is 23.0 Å². The minimum absolute atomic E-state index is 0.0844. The highest BCUT2D eigenvalue weighted by Crippen LogP contribution is 2.35. The summed E-state index contributed by atoms with van der Waals surface area (Å²) in [6, 6.07) is 28.6. The van der Waals surface area contributed by atoms with E-state index in [1.807, 2.05) is 78.9 Å². The quantitative estimate of drug-likeness (QED) is 0.226. The summed E-state index contributed by atoms with van der Waals surface area (Å²) >= 11 is 0. The largest absolute Gasteiger partial charge is 0.493 e. The highest BCUT2D eigenvalue weighted by molar-refractivity contribution is 5.79. The van der Waals surface area contributed by atoms with Gasteiger partial charge in [0, 0.05) is 12.1 Å². The molecule has 1 amide bonds. The third kappa shape index (κ3) is 7.77. The fourth-order valence-electron chi connectivity index (χ4n) is 4.29. The number of methoxy groups -OCH3 is 2. The maximum absolute atomic E-state index is 12.8. The molecule has 4 aromatic rings. The van der Waals surface area contributed by atoms with E-state index in [1.54, 1.807) is 19.2 Å². The molecule has 0 bridgehead atoms. The molecule has 0 saturated heterocycles. The van der Waals surface area contributed by atoms with Crippen LogP contribution in [0.15, 0.2) is 91.0 Å². The van der Waals surface area contributed by atoms with E-state index in [4.69, 9.17) is 20.3 Å². The van der Waals surface area contributed by atoms with Crippen LogP contribution in [-0.4, -0.2) is 31.8 Å². The smallest absolute Gasteiger partial charge is 0.224 e. The van der Waals surface area contributed by atoms with Crippen LogP contribution < -0.4 is 24.3 Å². The van der Waals surface area contributed by atoms with E-state index in [0.29, 0.717) is 60.3 Å². The molecule has 7 nitrogen and oxygen atoms in total. The number of carbonyl (C=O) groups is 1. The Labute approximate surface area is 236 Å². The third-order valence-corrected chi connectivity index (χ3v) is 6.41. The molecule has 0 radical (unpaired) electrons. The Bertz CT molecular complexity index is 1400. The van der Waals surface area contributed by atoms with Gasteiger partial charge in [-0.25, -0.2) is 0 Å². The summed E-state index contributed by atoms with van der Waals surface area (Å²) in [7, 11) is 1.31. The lowest BCUT2D eigenvalue weighted by molar-refractivity contribution is -0.120. The number of amides is 1. The van der Waals surface area contributed by atoms with Gasteiger partial charge in [-0.15, -0.1) is 0 Å². The lowest BCUT2D eigenvalue weighted by Gasteiger charge is -2.17. The molecule has 2 N–H and O–H groups in total. The van der Waals surface area contributed by atoms with Crippen molar-refractivity contribution in [1.82, 2.24) is 5.32 Å². The Kier molecular flexibility index (Phi) is 9.89. The van der Waals surface area contributed by atoms with Crippen molar-refractivity contribution in [2.75, 3.05) is 20.7 Å². The average molecular weight is 543 g/mol. The van der Waals surface area contributed by atoms with Crippen LogP contribution in [0, 0.1) is 0 Å². The van der Waals surface area contributed by atoms with Crippen molar-refractivity contribution in [3.8, 4) is 23.0 Å². The fraction of sp³-hybridized carbons (Fsp3) is 0.242. The normalized spacial score (nSPS) is 10.9. The number of hydrogen-bond acceptors (Lipinski definition) is 6. The Morgan fingerprint density at radius 2 is 1.48 bits per heavy atom. The number of benzene rings is 4. The summed E-state index contributed by atoms with van der Waals surface area (Å²) in [4.78, 5) is 12.8. The van der Waals surface area contributed by atoms with E-state index in [9.17, 15) is 9.90 Å². The monoisotopic (exact) mass is 542 g/mol. The lowest BCUT2D eigenvalue weighted by atomic mass is 10.0. The SMILES string of the molecule is [2H]COc1cc(CCNC(=O)Cc2ccc(OC)c(OCc3ccccc3)c2CO)ccc1OCc1ccccc1. The Morgan fingerprint density at radius 1 is 0.800 bits per heavy atom. The first kappa shape index (κ1) is 27.1. The van der Waals surface area contributed by atoms with Crippen LogP contribution in [0.4, 0.5) is 0 Å². The molecule has 0 atom stereocenters. The fourth-order valence-corrected chi connectivity index (χ4v) is 4.29. The van der Waals surface area contributed by atoms with Gasteiger partial charge in [0.25, 0.3) is 0 Å². The van der Waals surface area contributed by atoms with Crippen LogP contribution in [-0.2, 0) is 37.5 Å². The van der Waals surface area contributed by atoms with Gasteiger partial charge in [-0.1, -0.05) is 72.8 Å². The first-order chi connectivity index (χ1) is 20.1. The number of carbonyl (C=O) groups excluding carboxylic acids is 1. The first-order valence-corrected chi connectivity index (χ1v) is 13.1. The Balaban J connectivity index is 1.35. The third-order valence-electron chi connectivity index (χ3n) is 6.41. The molecule has 0 spiro atoms. The van der Waals surface area contributed by atoms with Gasteiger partial charge in [0.15, 0.2) is 23.0 Å². The van der Waals surface area contributed by atoms with E-state index < -0.39 is 0 Å². The molecule has 0 aliphatic carbocycles. The maximum Gasteiger partial charge on any atom is 0.224 e. The Hall–Kier alpha value is -4.49. The molecule has 0 fully saturated rings. The average Bonchev–Trinajstić information content (AvgIpc) is 3.00. The molecule has 0 aliphatic rings. The molecular weight excluding hydrogens is 506 g/mol. The van der Waals surface area contributed by atoms with Gasteiger partial charge in [-0.05, 0) is 46.9 Å². The van der Waals surface area contributed by atoms with E-state index in [2.05, 4.69) is 5.32 Å². The number of aliphatic hydroxyl groups excluding tert-OH is 1. The number of hydrogen-bond donors (Lipinski definition) is 2. The van der Waals surface area contributed by atoms with Crippen molar-refractivity contribution in [3.05, 3.63) is 119 Å². The summed E-state index contributed by atoms with van der Waals surface area (Å²) in [6.07, 6.45) is 0.654. The molecule has 40 heavy (non-hydrogen) atoms. The zero-order valence-corrected chi connectivity index (χ0v) is 22.6. The summed E-state index contributed by atoms with van der Waals surface area (Å²) in [5.74, 6) is 1.81. The first-order valence-electron chi connectivity index (χ1n) is 13.8. The van der Waals surface area contributed by atoms with Crippen molar-refractivity contribution in [3.63, 3.8) is 0 Å². The number of rotatable bonds is 14. The van der Waals surface area contributed by atoms with Crippen molar-refractivity contribution >= 4 is 5.91 Å². The van der Waals surface area contributed by atoms with E-state index in [-0.39, 0.29) is 26.0 Å². The van der Waals surface area contributed by atoms with Gasteiger partial charge in [0.05, 0.1) is 28.6 Å². The molecule has 208 valence electrons. The second-order valence-corrected chi connectivity index (χ2v) is 9.14. The minimum atomic E-state index is -0.290. The van der Waals surface area contributed by atoms with Gasteiger partial charge in [-0.2, -0.15) is 0 Å². The van der Waals surface area contributed by atoms with E-state index in [0.717, 1.165) is 16.7 Å². The van der Waals surface area contributed by atoms with Gasteiger partial charge in [0.1, 0.15) is 13.2 Å². The van der Waals surface area contributed by atoms with Crippen LogP contribution >= 0.6 is 0 Å². The summed E-state index contributed by atoms with van der Waals surface area (Å²) in [5, 5.41) is 13.1. The zero-order valence-electron chi connectivity index (χ0n) is 23.6. The number of ether oxygens (including phenoxy) is 4. The van der Waals surface area contributed by atoms with Gasteiger partial charge in [0.2, 0.25) is 5.91 Å². The second-order valence-electron chi connectivity index (χ2n) is 9.14. The molecule has 0 aliphatic heterocycles. The van der Waals surface area contributed by atoms with Gasteiger partial charge < -0.3 is 29.4 Å². The minimum Gasteiger partial charge on any atom is -0.493 e. The number of nitrogens with one attached hydrogen (secondary N) is 1. The van der Waals surface area contributed by atoms with Crippen molar-refractivity contribution in [1.29, 1.82) is 0 Å². The molecule has 0 heterocycles. The molecule has 4 aromatic carbocycles. The van der Waals surface area contributed by atoms with Gasteiger partial charge >= 0.3 is 0 Å². The van der Waals surface area contributed by atoms with Crippen LogP contribution in [0.2, 0.25) is 0 Å². The molecule has 0 saturated carbocycles. The van der Waals surface area contributed by atoms with Crippen LogP contribution in [0.1, 0.15) is 29.2 Å². The van der Waals surface area contributed by atoms with Crippen molar-refractivity contribution in [2.45, 2.75) is 32.7 Å². The van der Waals surface area contributed by atoms with Crippen molar-refractivity contribution in [2.24, 2.45) is 0 Å². The summed E-state index contributed by atoms with van der Waals surface area (Å²) in [6.45, 7) is 0.819. The summed E-state index contributed by atoms with van der Waals surface area (Å²) in [5.41, 5.74) is 4.15. The summed E-state index contributed by atoms with van der Waals surface area (Å²) < 4.78 is 30.4. The van der Waals surface area contributed by atoms with Gasteiger partial charge in [-0.3, -0.25) is 4.79 Å². The zero-order chi connectivity index (χ0) is 28.9. The maximum atomic E-state index is 12.8. The molecule has 0 unspecified atom stereocenters. The van der Waals surface area contributed by atoms with Crippen molar-refractivity contribution < 1.29 is 30.2 Å². The van der Waals surface area contributed by atoms with E-state index >= 15 is 0 Å². The van der Waals surface area contributed by atoms with Crippen LogP contribution in [0.3, 0.4) is 0 Å². The molecule has 7 heteroatoms. The molecule has 4 rings (SSSR count). The lowest BCUT2D eigenvalue weighted by Crippen LogP contribution is -2.27. The molecular formula is C33H35NO6. The predicted octanol–water partition coefficient (Wildman–Crippen LogP) is 5.26. The highest BCUT2D eigenvalue weighted by atomic mass is 16.5. The molecule has 0 aromatic heterocycles. The van der Waals surface area contributed by atoms with Crippen LogP contribution in [0.25, 0.3) is 0 Å². The van der Waals surface area contributed by atoms with E-state index in [1.165, 1.54) is 0 Å². The second kappa shape index (κ2) is 14.6. The standard InChI is InChI=1S/C33H35NO6/c1-37-30-16-14-27(28(21-35)33(30)40-23-26-11-7-4-8-12-26)20-32(36)34-18-17-24-13-15-29(31(19-24)38-2)39-22-25-9-5-3-6-10-25/h3-16,19,35H,17-18,20-23H2,1-2H3,(H,34,36)/i2D. The Morgan fingerprint density at radius 3 is 2.12 bits per heavy atom. The topological polar surface area (TPSA) is 86.3 Å². The highest BCUT2D eigenvalue weighted by Gasteiger charge is 2.17.